The number of nitriles is 1. The third kappa shape index (κ3) is 5.15. The number of hydrogen-bond acceptors (Lipinski definition) is 3. The summed E-state index contributed by atoms with van der Waals surface area (Å²) in [5, 5.41) is 12.2. The van der Waals surface area contributed by atoms with E-state index in [2.05, 4.69) is 53.6 Å². The second-order valence-electron chi connectivity index (χ2n) is 6.90. The summed E-state index contributed by atoms with van der Waals surface area (Å²) in [7, 11) is 0. The van der Waals surface area contributed by atoms with Gasteiger partial charge in [0, 0.05) is 23.6 Å². The van der Waals surface area contributed by atoms with Gasteiger partial charge in [-0.3, -0.25) is 9.78 Å². The van der Waals surface area contributed by atoms with E-state index in [1.54, 1.807) is 0 Å². The zero-order valence-electron chi connectivity index (χ0n) is 15.5. The van der Waals surface area contributed by atoms with Gasteiger partial charge in [0.1, 0.15) is 6.54 Å². The lowest BCUT2D eigenvalue weighted by atomic mass is 9.94. The highest BCUT2D eigenvalue weighted by atomic mass is 16.1. The van der Waals surface area contributed by atoms with Gasteiger partial charge in [-0.15, -0.1) is 0 Å². The molecule has 0 aliphatic carbocycles. The summed E-state index contributed by atoms with van der Waals surface area (Å²) in [5.74, 6) is 0.335. The van der Waals surface area contributed by atoms with Gasteiger partial charge in [-0.1, -0.05) is 49.4 Å². The predicted octanol–water partition coefficient (Wildman–Crippen LogP) is 4.50. The Kier molecular flexibility index (Phi) is 6.17. The predicted molar refractivity (Wildman–Crippen MR) is 108 cm³/mol. The Morgan fingerprint density at radius 2 is 2.00 bits per heavy atom. The first-order valence-electron chi connectivity index (χ1n) is 9.23. The molecule has 27 heavy (non-hydrogen) atoms. The zero-order valence-corrected chi connectivity index (χ0v) is 15.5. The minimum atomic E-state index is -0.0561. The maximum Gasteiger partial charge on any atom is 0.220 e. The average molecular weight is 357 g/mol. The molecule has 0 saturated heterocycles. The van der Waals surface area contributed by atoms with Crippen molar-refractivity contribution in [2.75, 3.05) is 6.54 Å². The fourth-order valence-corrected chi connectivity index (χ4v) is 3.22. The van der Waals surface area contributed by atoms with Gasteiger partial charge in [0.15, 0.2) is 0 Å². The van der Waals surface area contributed by atoms with Crippen LogP contribution >= 0.6 is 0 Å². The van der Waals surface area contributed by atoms with Crippen molar-refractivity contribution in [2.24, 2.45) is 5.92 Å². The molecule has 1 heterocycles. The van der Waals surface area contributed by atoms with E-state index in [9.17, 15) is 4.79 Å². The molecule has 0 radical (unpaired) electrons. The van der Waals surface area contributed by atoms with E-state index < -0.39 is 0 Å². The van der Waals surface area contributed by atoms with Crippen LogP contribution in [-0.4, -0.2) is 17.4 Å². The summed E-state index contributed by atoms with van der Waals surface area (Å²) < 4.78 is 0. The van der Waals surface area contributed by atoms with E-state index in [4.69, 9.17) is 5.26 Å². The first-order chi connectivity index (χ1) is 13.2. The number of benzene rings is 2. The van der Waals surface area contributed by atoms with Gasteiger partial charge in [0.2, 0.25) is 5.91 Å². The fourth-order valence-electron chi connectivity index (χ4n) is 3.22. The molecule has 4 nitrogen and oxygen atoms in total. The summed E-state index contributed by atoms with van der Waals surface area (Å²) in [6, 6.07) is 20.7. The summed E-state index contributed by atoms with van der Waals surface area (Å²) in [4.78, 5) is 16.2. The average Bonchev–Trinajstić information content (AvgIpc) is 2.70. The van der Waals surface area contributed by atoms with Crippen molar-refractivity contribution >= 4 is 16.8 Å². The van der Waals surface area contributed by atoms with Gasteiger partial charge >= 0.3 is 0 Å². The first kappa shape index (κ1) is 18.6. The van der Waals surface area contributed by atoms with E-state index in [1.807, 2.05) is 30.5 Å². The van der Waals surface area contributed by atoms with E-state index >= 15 is 0 Å². The molecular formula is C23H23N3O. The van der Waals surface area contributed by atoms with Crippen LogP contribution in [0.2, 0.25) is 0 Å². The molecule has 4 heteroatoms. The highest BCUT2D eigenvalue weighted by Crippen LogP contribution is 2.25. The maximum absolute atomic E-state index is 11.6. The van der Waals surface area contributed by atoms with Crippen molar-refractivity contribution in [1.29, 1.82) is 5.26 Å². The lowest BCUT2D eigenvalue weighted by Crippen LogP contribution is -2.23. The molecule has 1 atom stereocenters. The SMILES string of the molecule is CC(CCC(=O)NCC#N)Cc1cccc(-c2cnc3ccccc3c2)c1. The standard InChI is InChI=1S/C23H23N3O/c1-17(9-10-23(27)25-12-11-24)13-18-5-4-7-19(14-18)21-15-20-6-2-3-8-22(20)26-16-21/h2-8,14-17H,9-10,12-13H2,1H3,(H,25,27). The summed E-state index contributed by atoms with van der Waals surface area (Å²) in [6.07, 6.45) is 4.10. The highest BCUT2D eigenvalue weighted by molar-refractivity contribution is 5.83. The molecule has 3 aromatic rings. The van der Waals surface area contributed by atoms with Crippen LogP contribution in [0, 0.1) is 17.2 Å². The first-order valence-corrected chi connectivity index (χ1v) is 9.23. The third-order valence-electron chi connectivity index (χ3n) is 4.66. The summed E-state index contributed by atoms with van der Waals surface area (Å²) in [6.45, 7) is 2.23. The van der Waals surface area contributed by atoms with Crippen molar-refractivity contribution in [1.82, 2.24) is 10.3 Å². The number of para-hydroxylation sites is 1. The number of nitrogens with zero attached hydrogens (tertiary/aromatic N) is 2. The molecule has 0 aliphatic heterocycles. The number of pyridine rings is 1. The van der Waals surface area contributed by atoms with Crippen LogP contribution in [0.15, 0.2) is 60.8 Å². The van der Waals surface area contributed by atoms with Crippen molar-refractivity contribution < 1.29 is 4.79 Å². The fraction of sp³-hybridized carbons (Fsp3) is 0.261. The van der Waals surface area contributed by atoms with Crippen LogP contribution in [0.5, 0.6) is 0 Å². The topological polar surface area (TPSA) is 65.8 Å². The molecule has 0 spiro atoms. The Balaban J connectivity index is 1.66. The van der Waals surface area contributed by atoms with Crippen LogP contribution in [0.25, 0.3) is 22.0 Å². The second-order valence-corrected chi connectivity index (χ2v) is 6.90. The minimum absolute atomic E-state index is 0.0561. The Labute approximate surface area is 159 Å². The highest BCUT2D eigenvalue weighted by Gasteiger charge is 2.09. The Bertz CT molecular complexity index is 975. The van der Waals surface area contributed by atoms with Gasteiger partial charge < -0.3 is 5.32 Å². The van der Waals surface area contributed by atoms with Crippen molar-refractivity contribution in [3.63, 3.8) is 0 Å². The monoisotopic (exact) mass is 357 g/mol. The molecule has 0 aliphatic rings. The van der Waals surface area contributed by atoms with E-state index in [-0.39, 0.29) is 12.5 Å². The molecule has 1 amide bonds. The summed E-state index contributed by atoms with van der Waals surface area (Å²) in [5.41, 5.74) is 4.52. The zero-order chi connectivity index (χ0) is 19.1. The number of carbonyl (C=O) groups is 1. The molecule has 1 unspecified atom stereocenters. The normalized spacial score (nSPS) is 11.7. The van der Waals surface area contributed by atoms with Gasteiger partial charge in [-0.05, 0) is 42.0 Å². The molecule has 136 valence electrons. The van der Waals surface area contributed by atoms with Crippen LogP contribution in [-0.2, 0) is 11.2 Å². The van der Waals surface area contributed by atoms with Crippen LogP contribution in [0.3, 0.4) is 0 Å². The Morgan fingerprint density at radius 3 is 2.85 bits per heavy atom. The molecule has 3 rings (SSSR count). The Morgan fingerprint density at radius 1 is 1.15 bits per heavy atom. The maximum atomic E-state index is 11.6. The smallest absolute Gasteiger partial charge is 0.220 e. The number of aromatic nitrogens is 1. The van der Waals surface area contributed by atoms with Crippen molar-refractivity contribution in [3.8, 4) is 17.2 Å². The van der Waals surface area contributed by atoms with Crippen molar-refractivity contribution in [3.05, 3.63) is 66.4 Å². The molecular weight excluding hydrogens is 334 g/mol. The third-order valence-corrected chi connectivity index (χ3v) is 4.66. The second kappa shape index (κ2) is 8.95. The number of hydrogen-bond donors (Lipinski definition) is 1. The van der Waals surface area contributed by atoms with Crippen molar-refractivity contribution in [2.45, 2.75) is 26.2 Å². The van der Waals surface area contributed by atoms with E-state index in [0.29, 0.717) is 12.3 Å². The van der Waals surface area contributed by atoms with Gasteiger partial charge in [-0.25, -0.2) is 0 Å². The van der Waals surface area contributed by atoms with Crippen LogP contribution in [0.1, 0.15) is 25.3 Å². The van der Waals surface area contributed by atoms with Gasteiger partial charge in [0.05, 0.1) is 11.6 Å². The molecule has 2 aromatic carbocycles. The quantitative estimate of drug-likeness (QED) is 0.633. The van der Waals surface area contributed by atoms with Gasteiger partial charge in [0.25, 0.3) is 0 Å². The number of nitrogens with one attached hydrogen (secondary N) is 1. The Hall–Kier alpha value is -3.19. The van der Waals surface area contributed by atoms with Gasteiger partial charge in [-0.2, -0.15) is 5.26 Å². The summed E-state index contributed by atoms with van der Waals surface area (Å²) >= 11 is 0. The number of amides is 1. The minimum Gasteiger partial charge on any atom is -0.343 e. The van der Waals surface area contributed by atoms with Crippen LogP contribution < -0.4 is 5.32 Å². The van der Waals surface area contributed by atoms with E-state index in [0.717, 1.165) is 34.9 Å². The lowest BCUT2D eigenvalue weighted by molar-refractivity contribution is -0.121. The van der Waals surface area contributed by atoms with E-state index in [1.165, 1.54) is 5.56 Å². The molecule has 0 saturated carbocycles. The molecule has 0 fully saturated rings. The molecule has 0 bridgehead atoms. The number of rotatable bonds is 7. The molecule has 1 N–H and O–H groups in total. The number of carbonyl (C=O) groups excluding carboxylic acids is 1. The lowest BCUT2D eigenvalue weighted by Gasteiger charge is -2.12. The largest absolute Gasteiger partial charge is 0.343 e. The molecule has 1 aromatic heterocycles. The van der Waals surface area contributed by atoms with Crippen LogP contribution in [0.4, 0.5) is 0 Å². The number of fused-ring (bicyclic) bond motifs is 1.